The van der Waals surface area contributed by atoms with Crippen LogP contribution < -0.4 is 5.32 Å². The molecule has 1 N–H and O–H groups in total. The highest BCUT2D eigenvalue weighted by molar-refractivity contribution is 7.15. The van der Waals surface area contributed by atoms with E-state index in [9.17, 15) is 19.7 Å². The minimum absolute atomic E-state index is 0.0962. The van der Waals surface area contributed by atoms with E-state index < -0.39 is 10.5 Å². The molecule has 1 heterocycles. The molecule has 0 aliphatic rings. The lowest BCUT2D eigenvalue weighted by Gasteiger charge is -2.35. The number of nitrogens with zero attached hydrogens (tertiary/aromatic N) is 3. The lowest BCUT2D eigenvalue weighted by molar-refractivity contribution is -0.384. The molecule has 2 aromatic rings. The zero-order valence-electron chi connectivity index (χ0n) is 15.9. The summed E-state index contributed by atoms with van der Waals surface area (Å²) in [7, 11) is 0. The van der Waals surface area contributed by atoms with Gasteiger partial charge in [-0.1, -0.05) is 0 Å². The molecule has 2 amide bonds. The number of thiazole rings is 1. The minimum Gasteiger partial charge on any atom is -0.324 e. The van der Waals surface area contributed by atoms with Gasteiger partial charge < -0.3 is 10.2 Å². The molecule has 0 fully saturated rings. The van der Waals surface area contributed by atoms with E-state index in [0.717, 1.165) is 10.6 Å². The number of aryl methyl sites for hydroxylation is 2. The summed E-state index contributed by atoms with van der Waals surface area (Å²) in [6.07, 6.45) is 0. The van der Waals surface area contributed by atoms with E-state index >= 15 is 0 Å². The first-order valence-electron chi connectivity index (χ1n) is 8.29. The first-order chi connectivity index (χ1) is 12.5. The van der Waals surface area contributed by atoms with Gasteiger partial charge in [0.05, 0.1) is 10.6 Å². The molecular weight excluding hydrogens is 368 g/mol. The number of amides is 2. The Bertz CT molecular complexity index is 849. The molecule has 0 aliphatic heterocycles. The summed E-state index contributed by atoms with van der Waals surface area (Å²) in [5.74, 6) is -0.729. The Morgan fingerprint density at radius 1 is 1.22 bits per heavy atom. The molecular formula is C18H22N4O4S. The van der Waals surface area contributed by atoms with Crippen molar-refractivity contribution >= 4 is 34.0 Å². The lowest BCUT2D eigenvalue weighted by atomic mass is 10.0. The van der Waals surface area contributed by atoms with Crippen molar-refractivity contribution in [2.45, 2.75) is 40.2 Å². The third-order valence-electron chi connectivity index (χ3n) is 3.96. The Hall–Kier alpha value is -2.81. The summed E-state index contributed by atoms with van der Waals surface area (Å²) in [6, 6.07) is 5.33. The maximum absolute atomic E-state index is 12.9. The molecule has 8 nitrogen and oxygen atoms in total. The number of carbonyl (C=O) groups excluding carboxylic acids is 2. The highest BCUT2D eigenvalue weighted by Crippen LogP contribution is 2.22. The topological polar surface area (TPSA) is 105 Å². The van der Waals surface area contributed by atoms with Crippen LogP contribution in [0.4, 0.5) is 10.8 Å². The van der Waals surface area contributed by atoms with Gasteiger partial charge in [0.15, 0.2) is 5.13 Å². The highest BCUT2D eigenvalue weighted by atomic mass is 32.1. The Morgan fingerprint density at radius 3 is 2.26 bits per heavy atom. The summed E-state index contributed by atoms with van der Waals surface area (Å²) >= 11 is 1.38. The first-order valence-corrected chi connectivity index (χ1v) is 9.11. The molecule has 0 bridgehead atoms. The van der Waals surface area contributed by atoms with E-state index in [1.54, 1.807) is 0 Å². The Kier molecular flexibility index (Phi) is 5.94. The first kappa shape index (κ1) is 20.5. The van der Waals surface area contributed by atoms with Crippen molar-refractivity contribution in [3.63, 3.8) is 0 Å². The minimum atomic E-state index is -0.620. The van der Waals surface area contributed by atoms with Crippen molar-refractivity contribution in [3.8, 4) is 0 Å². The predicted octanol–water partition coefficient (Wildman–Crippen LogP) is 3.55. The zero-order chi connectivity index (χ0) is 20.4. The van der Waals surface area contributed by atoms with E-state index in [2.05, 4.69) is 10.3 Å². The number of aromatic nitrogens is 1. The summed E-state index contributed by atoms with van der Waals surface area (Å²) in [4.78, 5) is 42.3. The molecule has 0 atom stereocenters. The van der Waals surface area contributed by atoms with E-state index in [-0.39, 0.29) is 29.6 Å². The van der Waals surface area contributed by atoms with E-state index in [1.165, 1.54) is 40.5 Å². The number of non-ortho nitro benzene ring substituents is 1. The van der Waals surface area contributed by atoms with E-state index in [4.69, 9.17) is 0 Å². The number of anilines is 1. The van der Waals surface area contributed by atoms with Gasteiger partial charge in [0.1, 0.15) is 6.54 Å². The van der Waals surface area contributed by atoms with Gasteiger partial charge in [0.25, 0.3) is 11.6 Å². The molecule has 0 unspecified atom stereocenters. The summed E-state index contributed by atoms with van der Waals surface area (Å²) in [5.41, 5.74) is 0.417. The molecule has 2 rings (SSSR count). The van der Waals surface area contributed by atoms with Gasteiger partial charge in [-0.2, -0.15) is 0 Å². The third-order valence-corrected chi connectivity index (χ3v) is 4.94. The largest absolute Gasteiger partial charge is 0.324 e. The number of nitro benzene ring substituents is 1. The second kappa shape index (κ2) is 7.83. The van der Waals surface area contributed by atoms with Gasteiger partial charge >= 0.3 is 0 Å². The van der Waals surface area contributed by atoms with Crippen LogP contribution in [0.2, 0.25) is 0 Å². The standard InChI is InChI=1S/C18H22N4O4S/c1-11-12(2)27-17(19-11)20-15(23)10-21(18(3,4)5)16(24)13-6-8-14(9-7-13)22(25)26/h6-9H,10H2,1-5H3,(H,19,20,23). The van der Waals surface area contributed by atoms with Crippen LogP contribution in [0.25, 0.3) is 0 Å². The normalized spacial score (nSPS) is 11.1. The smallest absolute Gasteiger partial charge is 0.269 e. The van der Waals surface area contributed by atoms with Gasteiger partial charge in [-0.15, -0.1) is 11.3 Å². The number of hydrogen-bond acceptors (Lipinski definition) is 6. The molecule has 0 aliphatic carbocycles. The van der Waals surface area contributed by atoms with Crippen molar-refractivity contribution in [2.24, 2.45) is 0 Å². The van der Waals surface area contributed by atoms with Crippen LogP contribution >= 0.6 is 11.3 Å². The molecule has 0 radical (unpaired) electrons. The van der Waals surface area contributed by atoms with Gasteiger partial charge in [-0.25, -0.2) is 4.98 Å². The van der Waals surface area contributed by atoms with Gasteiger partial charge in [-0.05, 0) is 46.8 Å². The molecule has 9 heteroatoms. The van der Waals surface area contributed by atoms with Crippen LogP contribution in [-0.2, 0) is 4.79 Å². The zero-order valence-corrected chi connectivity index (χ0v) is 16.7. The summed E-state index contributed by atoms with van der Waals surface area (Å²) < 4.78 is 0. The molecule has 144 valence electrons. The van der Waals surface area contributed by atoms with Gasteiger partial charge in [-0.3, -0.25) is 19.7 Å². The second-order valence-electron chi connectivity index (χ2n) is 7.07. The van der Waals surface area contributed by atoms with Crippen molar-refractivity contribution in [2.75, 3.05) is 11.9 Å². The molecule has 0 saturated heterocycles. The fraction of sp³-hybridized carbons (Fsp3) is 0.389. The van der Waals surface area contributed by atoms with Crippen molar-refractivity contribution < 1.29 is 14.5 Å². The van der Waals surface area contributed by atoms with Gasteiger partial charge in [0, 0.05) is 28.1 Å². The predicted molar refractivity (Wildman–Crippen MR) is 104 cm³/mol. The average molecular weight is 390 g/mol. The number of nitrogens with one attached hydrogen (secondary N) is 1. The monoisotopic (exact) mass is 390 g/mol. The van der Waals surface area contributed by atoms with Crippen LogP contribution in [0.5, 0.6) is 0 Å². The highest BCUT2D eigenvalue weighted by Gasteiger charge is 2.29. The van der Waals surface area contributed by atoms with E-state index in [1.807, 2.05) is 34.6 Å². The Labute approximate surface area is 161 Å². The average Bonchev–Trinajstić information content (AvgIpc) is 2.88. The van der Waals surface area contributed by atoms with Crippen LogP contribution in [-0.4, -0.2) is 38.7 Å². The molecule has 0 spiro atoms. The van der Waals surface area contributed by atoms with Crippen molar-refractivity contribution in [1.29, 1.82) is 0 Å². The van der Waals surface area contributed by atoms with Crippen LogP contribution in [0.1, 0.15) is 41.7 Å². The Balaban J connectivity index is 2.17. The maximum atomic E-state index is 12.9. The lowest BCUT2D eigenvalue weighted by Crippen LogP contribution is -2.49. The van der Waals surface area contributed by atoms with Crippen LogP contribution in [0.3, 0.4) is 0 Å². The van der Waals surface area contributed by atoms with Crippen molar-refractivity contribution in [1.82, 2.24) is 9.88 Å². The fourth-order valence-corrected chi connectivity index (χ4v) is 3.15. The summed E-state index contributed by atoms with van der Waals surface area (Å²) in [5, 5.41) is 14.0. The number of hydrogen-bond donors (Lipinski definition) is 1. The third kappa shape index (κ3) is 5.10. The Morgan fingerprint density at radius 2 is 1.81 bits per heavy atom. The van der Waals surface area contributed by atoms with Crippen LogP contribution in [0, 0.1) is 24.0 Å². The quantitative estimate of drug-likeness (QED) is 0.621. The maximum Gasteiger partial charge on any atom is 0.269 e. The second-order valence-corrected chi connectivity index (χ2v) is 8.28. The van der Waals surface area contributed by atoms with E-state index in [0.29, 0.717) is 5.13 Å². The van der Waals surface area contributed by atoms with Gasteiger partial charge in [0.2, 0.25) is 5.91 Å². The molecule has 1 aromatic carbocycles. The molecule has 1 aromatic heterocycles. The van der Waals surface area contributed by atoms with Crippen molar-refractivity contribution in [3.05, 3.63) is 50.5 Å². The number of benzene rings is 1. The number of rotatable bonds is 5. The number of carbonyl (C=O) groups is 2. The fourth-order valence-electron chi connectivity index (χ4n) is 2.32. The molecule has 0 saturated carbocycles. The number of nitro groups is 1. The summed E-state index contributed by atoms with van der Waals surface area (Å²) in [6.45, 7) is 9.09. The molecule has 27 heavy (non-hydrogen) atoms. The SMILES string of the molecule is Cc1nc(NC(=O)CN(C(=O)c2ccc([N+](=O)[O-])cc2)C(C)(C)C)sc1C. The van der Waals surface area contributed by atoms with Crippen LogP contribution in [0.15, 0.2) is 24.3 Å².